The minimum atomic E-state index is 1.14. The highest BCUT2D eigenvalue weighted by atomic mass is 14.0. The Balaban J connectivity index is 4.17. The minimum Gasteiger partial charge on any atom is -0.0991 e. The van der Waals surface area contributed by atoms with Gasteiger partial charge in [0.1, 0.15) is 0 Å². The van der Waals surface area contributed by atoms with Gasteiger partial charge in [0.25, 0.3) is 0 Å². The normalized spacial score (nSPS) is 12.0. The quantitative estimate of drug-likeness (QED) is 0.229. The van der Waals surface area contributed by atoms with Crippen LogP contribution in [0.4, 0.5) is 0 Å². The second-order valence-electron chi connectivity index (χ2n) is 5.95. The summed E-state index contributed by atoms with van der Waals surface area (Å²) >= 11 is 0. The molecule has 0 heteroatoms. The van der Waals surface area contributed by atoms with Crippen molar-refractivity contribution >= 4 is 0 Å². The summed E-state index contributed by atoms with van der Waals surface area (Å²) in [7, 11) is 0. The van der Waals surface area contributed by atoms with E-state index in [4.69, 9.17) is 0 Å². The van der Waals surface area contributed by atoms with Gasteiger partial charge in [0.2, 0.25) is 0 Å². The first-order valence-corrected chi connectivity index (χ1v) is 8.92. The van der Waals surface area contributed by atoms with E-state index in [0.717, 1.165) is 6.42 Å². The van der Waals surface area contributed by atoms with E-state index in [1.165, 1.54) is 75.4 Å². The third-order valence-corrected chi connectivity index (χ3v) is 3.76. The van der Waals surface area contributed by atoms with Crippen LogP contribution in [-0.2, 0) is 0 Å². The number of allylic oxidation sites excluding steroid dienone is 6. The molecule has 120 valence electrons. The molecule has 0 N–H and O–H groups in total. The zero-order chi connectivity index (χ0) is 15.8. The first-order valence-electron chi connectivity index (χ1n) is 8.92. The van der Waals surface area contributed by atoms with Crippen LogP contribution in [0.1, 0.15) is 84.5 Å². The van der Waals surface area contributed by atoms with Crippen LogP contribution in [0.3, 0.4) is 0 Å². The molecule has 0 atom stereocenters. The fraction of sp³-hybridized carbons (Fsp3) is 0.619. The van der Waals surface area contributed by atoms with Gasteiger partial charge in [-0.2, -0.15) is 0 Å². The Morgan fingerprint density at radius 1 is 0.810 bits per heavy atom. The Labute approximate surface area is 133 Å². The predicted molar refractivity (Wildman–Crippen MR) is 98.7 cm³/mol. The van der Waals surface area contributed by atoms with Crippen LogP contribution in [-0.4, -0.2) is 0 Å². The molecule has 0 saturated carbocycles. The third kappa shape index (κ3) is 13.7. The van der Waals surface area contributed by atoms with Gasteiger partial charge in [-0.05, 0) is 31.3 Å². The first kappa shape index (κ1) is 20.0. The van der Waals surface area contributed by atoms with Gasteiger partial charge >= 0.3 is 0 Å². The van der Waals surface area contributed by atoms with E-state index in [2.05, 4.69) is 39.2 Å². The lowest BCUT2D eigenvalue weighted by molar-refractivity contribution is 0.632. The molecule has 0 spiro atoms. The van der Waals surface area contributed by atoms with Crippen LogP contribution in [0, 0.1) is 0 Å². The maximum Gasteiger partial charge on any atom is -0.0279 e. The molecule has 0 aliphatic heterocycles. The molecule has 0 aromatic heterocycles. The molecule has 0 saturated heterocycles. The smallest absolute Gasteiger partial charge is 0.0279 e. The van der Waals surface area contributed by atoms with Gasteiger partial charge in [-0.15, -0.1) is 0 Å². The molecule has 0 aliphatic rings. The summed E-state index contributed by atoms with van der Waals surface area (Å²) in [6, 6.07) is 0. The lowest BCUT2D eigenvalue weighted by Gasteiger charge is -2.06. The fourth-order valence-corrected chi connectivity index (χ4v) is 2.44. The van der Waals surface area contributed by atoms with Crippen molar-refractivity contribution in [3.05, 3.63) is 48.6 Å². The molecule has 0 nitrogen and oxygen atoms in total. The summed E-state index contributed by atoms with van der Waals surface area (Å²) < 4.78 is 0. The van der Waals surface area contributed by atoms with Crippen molar-refractivity contribution < 1.29 is 0 Å². The highest BCUT2D eigenvalue weighted by Crippen LogP contribution is 2.17. The van der Waals surface area contributed by atoms with Crippen LogP contribution >= 0.6 is 0 Å². The summed E-state index contributed by atoms with van der Waals surface area (Å²) in [5.41, 5.74) is 2.69. The van der Waals surface area contributed by atoms with Gasteiger partial charge < -0.3 is 0 Å². The van der Waals surface area contributed by atoms with E-state index >= 15 is 0 Å². The van der Waals surface area contributed by atoms with E-state index in [1.807, 2.05) is 12.2 Å². The van der Waals surface area contributed by atoms with Crippen LogP contribution in [0.5, 0.6) is 0 Å². The Morgan fingerprint density at radius 2 is 1.38 bits per heavy atom. The van der Waals surface area contributed by atoms with Crippen molar-refractivity contribution in [3.63, 3.8) is 0 Å². The summed E-state index contributed by atoms with van der Waals surface area (Å²) in [5, 5.41) is 0. The second kappa shape index (κ2) is 15.4. The van der Waals surface area contributed by atoms with E-state index in [0.29, 0.717) is 0 Å². The number of rotatable bonds is 14. The number of hydrogen-bond donors (Lipinski definition) is 0. The van der Waals surface area contributed by atoms with E-state index in [1.54, 1.807) is 0 Å². The third-order valence-electron chi connectivity index (χ3n) is 3.76. The minimum absolute atomic E-state index is 1.14. The summed E-state index contributed by atoms with van der Waals surface area (Å²) in [6.07, 6.45) is 22.6. The van der Waals surface area contributed by atoms with Gasteiger partial charge in [0, 0.05) is 0 Å². The zero-order valence-electron chi connectivity index (χ0n) is 14.5. The SMILES string of the molecule is C=CC=CC(=CC(=C)CCCCCC)CCCCCCC. The summed E-state index contributed by atoms with van der Waals surface area (Å²) in [5.74, 6) is 0. The van der Waals surface area contributed by atoms with Gasteiger partial charge in [0.05, 0.1) is 0 Å². The van der Waals surface area contributed by atoms with Crippen molar-refractivity contribution in [1.82, 2.24) is 0 Å². The maximum atomic E-state index is 4.22. The predicted octanol–water partition coefficient (Wildman–Crippen LogP) is 7.54. The molecule has 0 radical (unpaired) electrons. The monoisotopic (exact) mass is 288 g/mol. The molecule has 0 aromatic carbocycles. The zero-order valence-corrected chi connectivity index (χ0v) is 14.5. The van der Waals surface area contributed by atoms with Gasteiger partial charge in [-0.1, -0.05) is 102 Å². The average Bonchev–Trinajstić information content (AvgIpc) is 2.48. The van der Waals surface area contributed by atoms with E-state index in [-0.39, 0.29) is 0 Å². The lowest BCUT2D eigenvalue weighted by atomic mass is 10.0. The van der Waals surface area contributed by atoms with Crippen molar-refractivity contribution in [1.29, 1.82) is 0 Å². The Bertz CT molecular complexity index is 317. The maximum absolute atomic E-state index is 4.22. The Kier molecular flexibility index (Phi) is 14.6. The van der Waals surface area contributed by atoms with Crippen LogP contribution < -0.4 is 0 Å². The molecule has 0 unspecified atom stereocenters. The van der Waals surface area contributed by atoms with E-state index in [9.17, 15) is 0 Å². The van der Waals surface area contributed by atoms with Crippen LogP contribution in [0.2, 0.25) is 0 Å². The van der Waals surface area contributed by atoms with Gasteiger partial charge in [0.15, 0.2) is 0 Å². The van der Waals surface area contributed by atoms with Gasteiger partial charge in [-0.25, -0.2) is 0 Å². The molecule has 0 rings (SSSR count). The van der Waals surface area contributed by atoms with Crippen LogP contribution in [0.15, 0.2) is 48.6 Å². The lowest BCUT2D eigenvalue weighted by Crippen LogP contribution is -1.86. The molecule has 0 amide bonds. The highest BCUT2D eigenvalue weighted by Gasteiger charge is 1.97. The largest absolute Gasteiger partial charge is 0.0991 e. The molecule has 0 heterocycles. The Morgan fingerprint density at radius 3 is 2.00 bits per heavy atom. The Hall–Kier alpha value is -1.04. The highest BCUT2D eigenvalue weighted by molar-refractivity contribution is 5.29. The van der Waals surface area contributed by atoms with Crippen molar-refractivity contribution in [2.75, 3.05) is 0 Å². The number of hydrogen-bond acceptors (Lipinski definition) is 0. The molecular weight excluding hydrogens is 252 g/mol. The van der Waals surface area contributed by atoms with Crippen molar-refractivity contribution in [2.45, 2.75) is 84.5 Å². The topological polar surface area (TPSA) is 0 Å². The first-order chi connectivity index (χ1) is 10.2. The summed E-state index contributed by atoms with van der Waals surface area (Å²) in [4.78, 5) is 0. The molecule has 0 bridgehead atoms. The fourth-order valence-electron chi connectivity index (χ4n) is 2.44. The van der Waals surface area contributed by atoms with Gasteiger partial charge in [-0.3, -0.25) is 0 Å². The average molecular weight is 289 g/mol. The standard InChI is InChI=1S/C21H36/c1-5-8-11-13-15-18-21(17-10-7-3)19-20(4)16-14-12-9-6-2/h7,10,17,19H,3-6,8-9,11-16,18H2,1-2H3. The van der Waals surface area contributed by atoms with Crippen molar-refractivity contribution in [2.24, 2.45) is 0 Å². The number of unbranched alkanes of at least 4 members (excludes halogenated alkanes) is 7. The molecule has 0 fully saturated rings. The summed E-state index contributed by atoms with van der Waals surface area (Å²) in [6.45, 7) is 12.5. The van der Waals surface area contributed by atoms with Crippen molar-refractivity contribution in [3.8, 4) is 0 Å². The second-order valence-corrected chi connectivity index (χ2v) is 5.95. The van der Waals surface area contributed by atoms with Crippen LogP contribution in [0.25, 0.3) is 0 Å². The molecule has 0 aromatic rings. The van der Waals surface area contributed by atoms with E-state index < -0.39 is 0 Å². The molecular formula is C21H36. The molecule has 21 heavy (non-hydrogen) atoms. The molecule has 0 aliphatic carbocycles.